The van der Waals surface area contributed by atoms with Crippen LogP contribution in [-0.2, 0) is 48.1 Å². The van der Waals surface area contributed by atoms with Crippen LogP contribution in [-0.4, -0.2) is 113 Å². The van der Waals surface area contributed by atoms with Gasteiger partial charge in [0.2, 0.25) is 0 Å². The van der Waals surface area contributed by atoms with Gasteiger partial charge in [-0.1, -0.05) is 44.2 Å². The first-order valence-corrected chi connectivity index (χ1v) is 20.1. The van der Waals surface area contributed by atoms with E-state index in [-0.39, 0.29) is 6.61 Å². The van der Waals surface area contributed by atoms with Crippen LogP contribution in [0, 0.1) is 0 Å². The van der Waals surface area contributed by atoms with E-state index in [1.807, 2.05) is 23.0 Å². The molecule has 2 N–H and O–H groups in total. The Morgan fingerprint density at radius 1 is 0.709 bits per heavy atom. The van der Waals surface area contributed by atoms with Crippen molar-refractivity contribution in [2.24, 2.45) is 0 Å². The van der Waals surface area contributed by atoms with E-state index >= 15 is 0 Å². The van der Waals surface area contributed by atoms with Crippen molar-refractivity contribution < 1.29 is 52.7 Å². The third kappa shape index (κ3) is 19.6. The monoisotopic (exact) mass is 771 g/mol. The lowest BCUT2D eigenvalue weighted by Crippen LogP contribution is -2.82. The van der Waals surface area contributed by atoms with Crippen LogP contribution in [0.15, 0.2) is 48.7 Å². The molecule has 3 aromatic rings. The Kier molecular flexibility index (Phi) is 22.8. The van der Waals surface area contributed by atoms with Crippen molar-refractivity contribution >= 4 is 5.97 Å². The lowest BCUT2D eigenvalue weighted by molar-refractivity contribution is -0.670. The molecule has 0 fully saturated rings. The number of nitrogens with two attached hydrogens (primary N) is 1. The number of carbonyl (C=O) groups excluding carboxylic acids is 1. The molecule has 1 aliphatic rings. The van der Waals surface area contributed by atoms with E-state index in [4.69, 9.17) is 42.6 Å². The summed E-state index contributed by atoms with van der Waals surface area (Å²) < 4.78 is 52.9. The fourth-order valence-electron chi connectivity index (χ4n) is 5.61. The van der Waals surface area contributed by atoms with Crippen LogP contribution in [0.3, 0.4) is 0 Å². The first-order valence-electron chi connectivity index (χ1n) is 20.1. The van der Waals surface area contributed by atoms with E-state index < -0.39 is 5.97 Å². The maximum atomic E-state index is 12.9. The number of unbranched alkanes of at least 4 members (excludes halogenated alkanes) is 6. The molecule has 0 aliphatic carbocycles. The van der Waals surface area contributed by atoms with Gasteiger partial charge < -0.3 is 47.9 Å². The van der Waals surface area contributed by atoms with Crippen molar-refractivity contribution in [2.45, 2.75) is 78.0 Å². The highest BCUT2D eigenvalue weighted by molar-refractivity contribution is 5.90. The zero-order valence-corrected chi connectivity index (χ0v) is 32.8. The van der Waals surface area contributed by atoms with Crippen LogP contribution in [0.2, 0.25) is 0 Å². The number of hydrogen-bond acceptors (Lipinski definition) is 12. The molecular formula is C41H63N4O10+. The number of nitrogens with zero attached hydrogens (tertiary/aromatic N) is 3. The van der Waals surface area contributed by atoms with Crippen molar-refractivity contribution in [1.29, 1.82) is 0 Å². The van der Waals surface area contributed by atoms with Gasteiger partial charge in [0.15, 0.2) is 11.5 Å². The number of aromatic nitrogens is 3. The van der Waals surface area contributed by atoms with E-state index in [1.54, 1.807) is 18.2 Å². The molecule has 55 heavy (non-hydrogen) atoms. The van der Waals surface area contributed by atoms with Gasteiger partial charge in [-0.3, -0.25) is 4.68 Å². The average Bonchev–Trinajstić information content (AvgIpc) is 3.67. The fourth-order valence-corrected chi connectivity index (χ4v) is 5.61. The smallest absolute Gasteiger partial charge is 0.338 e. The molecule has 0 spiro atoms. The Morgan fingerprint density at radius 3 is 1.96 bits per heavy atom. The van der Waals surface area contributed by atoms with Crippen molar-refractivity contribution in [3.63, 3.8) is 0 Å². The SMILES string of the molecule is CCCC[NH2+]Cc1ccc(OCc2cn(CCCCCCCCOC(=O)c3ccc4c(c3)OCCOCCOCCOCCOCCOCCO4)nn2)cc1. The fraction of sp³-hybridized carbons (Fsp3) is 0.634. The van der Waals surface area contributed by atoms with Crippen LogP contribution >= 0.6 is 0 Å². The molecule has 0 saturated heterocycles. The summed E-state index contributed by atoms with van der Waals surface area (Å²) in [6.07, 6.45) is 10.5. The van der Waals surface area contributed by atoms with Crippen LogP contribution < -0.4 is 19.5 Å². The molecule has 1 aliphatic heterocycles. The van der Waals surface area contributed by atoms with Gasteiger partial charge in [-0.05, 0) is 61.7 Å². The van der Waals surface area contributed by atoms with Crippen LogP contribution in [0.4, 0.5) is 0 Å². The molecule has 2 heterocycles. The summed E-state index contributed by atoms with van der Waals surface area (Å²) in [5.74, 6) is 1.42. The van der Waals surface area contributed by atoms with Gasteiger partial charge in [0.25, 0.3) is 0 Å². The quantitative estimate of drug-likeness (QED) is 0.140. The number of esters is 1. The Bertz CT molecular complexity index is 1420. The maximum absolute atomic E-state index is 12.9. The van der Waals surface area contributed by atoms with Gasteiger partial charge in [-0.15, -0.1) is 5.10 Å². The first-order chi connectivity index (χ1) is 27.2. The number of carbonyl (C=O) groups is 1. The van der Waals surface area contributed by atoms with E-state index in [1.165, 1.54) is 18.4 Å². The molecule has 306 valence electrons. The summed E-state index contributed by atoms with van der Waals surface area (Å²) in [5.41, 5.74) is 2.53. The molecule has 0 atom stereocenters. The lowest BCUT2D eigenvalue weighted by atomic mass is 10.1. The molecule has 0 amide bonds. The minimum atomic E-state index is -0.392. The largest absolute Gasteiger partial charge is 0.487 e. The highest BCUT2D eigenvalue weighted by Gasteiger charge is 2.14. The minimum absolute atomic E-state index is 0.286. The molecule has 2 aromatic carbocycles. The Labute approximate surface area is 326 Å². The van der Waals surface area contributed by atoms with Crippen LogP contribution in [0.5, 0.6) is 17.2 Å². The third-order valence-electron chi connectivity index (χ3n) is 8.69. The first kappa shape index (κ1) is 43.9. The summed E-state index contributed by atoms with van der Waals surface area (Å²) >= 11 is 0. The number of aryl methyl sites for hydroxylation is 1. The predicted molar refractivity (Wildman–Crippen MR) is 206 cm³/mol. The normalized spacial score (nSPS) is 15.5. The van der Waals surface area contributed by atoms with E-state index in [9.17, 15) is 4.79 Å². The highest BCUT2D eigenvalue weighted by atomic mass is 16.6. The summed E-state index contributed by atoms with van der Waals surface area (Å²) in [5, 5.41) is 10.9. The summed E-state index contributed by atoms with van der Waals surface area (Å²) in [7, 11) is 0. The Morgan fingerprint density at radius 2 is 1.31 bits per heavy atom. The standard InChI is InChI=1S/C41H62N4O10/c1-2-3-16-42-32-35-10-13-38(14-11-35)55-34-37-33-45(44-43-37)17-8-6-4-5-7-9-18-54-41(46)36-12-15-39-40(31-36)53-30-28-51-26-24-49-22-20-47-19-21-48-23-25-50-27-29-52-39/h10-15,31,33,42H,2-9,16-30,32,34H2,1H3/p+1. The minimum Gasteiger partial charge on any atom is -0.487 e. The second-order valence-electron chi connectivity index (χ2n) is 13.2. The lowest BCUT2D eigenvalue weighted by Gasteiger charge is -2.14. The number of quaternary nitrogens is 1. The van der Waals surface area contributed by atoms with E-state index in [0.29, 0.717) is 103 Å². The zero-order valence-electron chi connectivity index (χ0n) is 32.8. The highest BCUT2D eigenvalue weighted by Crippen LogP contribution is 2.29. The van der Waals surface area contributed by atoms with Crippen LogP contribution in [0.1, 0.15) is 79.9 Å². The predicted octanol–water partition coefficient (Wildman–Crippen LogP) is 4.77. The van der Waals surface area contributed by atoms with Crippen molar-refractivity contribution in [2.75, 3.05) is 92.4 Å². The van der Waals surface area contributed by atoms with Gasteiger partial charge in [0.05, 0.1) is 91.0 Å². The van der Waals surface area contributed by atoms with E-state index in [2.05, 4.69) is 34.7 Å². The molecule has 14 heteroatoms. The Balaban J connectivity index is 1.06. The second-order valence-corrected chi connectivity index (χ2v) is 13.2. The molecular weight excluding hydrogens is 708 g/mol. The summed E-state index contributed by atoms with van der Waals surface area (Å²) in [6.45, 7) is 11.1. The van der Waals surface area contributed by atoms with Gasteiger partial charge >= 0.3 is 5.97 Å². The van der Waals surface area contributed by atoms with Gasteiger partial charge in [0, 0.05) is 12.1 Å². The molecule has 1 aromatic heterocycles. The summed E-state index contributed by atoms with van der Waals surface area (Å²) in [4.78, 5) is 12.9. The van der Waals surface area contributed by atoms with Crippen molar-refractivity contribution in [3.8, 4) is 17.2 Å². The number of rotatable bonds is 18. The second kappa shape index (κ2) is 28.6. The third-order valence-corrected chi connectivity index (χ3v) is 8.69. The molecule has 0 radical (unpaired) electrons. The molecule has 4 rings (SSSR count). The number of benzene rings is 2. The molecule has 0 unspecified atom stereocenters. The van der Waals surface area contributed by atoms with Gasteiger partial charge in [-0.2, -0.15) is 0 Å². The van der Waals surface area contributed by atoms with Crippen molar-refractivity contribution in [3.05, 3.63) is 65.5 Å². The zero-order chi connectivity index (χ0) is 38.4. The topological polar surface area (TPSA) is 147 Å². The summed E-state index contributed by atoms with van der Waals surface area (Å²) in [6, 6.07) is 13.4. The molecule has 14 nitrogen and oxygen atoms in total. The number of ether oxygens (including phenoxy) is 9. The van der Waals surface area contributed by atoms with Gasteiger partial charge in [0.1, 0.15) is 37.8 Å². The van der Waals surface area contributed by atoms with E-state index in [0.717, 1.165) is 69.6 Å². The van der Waals surface area contributed by atoms with Crippen LogP contribution in [0.25, 0.3) is 0 Å². The average molecular weight is 772 g/mol. The van der Waals surface area contributed by atoms with Crippen molar-refractivity contribution in [1.82, 2.24) is 15.0 Å². The molecule has 0 saturated carbocycles. The number of fused-ring (bicyclic) bond motifs is 1. The Hall–Kier alpha value is -3.79. The van der Waals surface area contributed by atoms with Gasteiger partial charge in [-0.25, -0.2) is 4.79 Å². The maximum Gasteiger partial charge on any atom is 0.338 e. The molecule has 0 bridgehead atoms. The number of hydrogen-bond donors (Lipinski definition) is 1.